The third-order valence-corrected chi connectivity index (χ3v) is 4.98. The number of carbonyl (C=O) groups is 1. The lowest BCUT2D eigenvalue weighted by molar-refractivity contribution is -0.136. The zero-order valence-electron chi connectivity index (χ0n) is 13.1. The van der Waals surface area contributed by atoms with E-state index in [9.17, 15) is 4.79 Å². The van der Waals surface area contributed by atoms with E-state index in [1.54, 1.807) is 0 Å². The molecule has 0 aromatic heterocycles. The number of hydrogen-bond donors (Lipinski definition) is 2. The third-order valence-electron chi connectivity index (χ3n) is 4.98. The van der Waals surface area contributed by atoms with Crippen LogP contribution in [-0.4, -0.2) is 34.9 Å². The van der Waals surface area contributed by atoms with Crippen molar-refractivity contribution in [2.75, 3.05) is 13.1 Å². The van der Waals surface area contributed by atoms with Gasteiger partial charge in [0, 0.05) is 13.1 Å². The van der Waals surface area contributed by atoms with Crippen LogP contribution in [-0.2, 0) is 4.79 Å². The summed E-state index contributed by atoms with van der Waals surface area (Å²) in [4.78, 5) is 14.4. The second kappa shape index (κ2) is 7.50. The first-order chi connectivity index (χ1) is 9.53. The first-order valence-electron chi connectivity index (χ1n) is 7.79. The number of nitrogens with zero attached hydrogens (tertiary/aromatic N) is 2. The molecule has 0 radical (unpaired) electrons. The Bertz CT molecular complexity index is 341. The molecular formula is C15H29N3O2. The number of amides is 1. The van der Waals surface area contributed by atoms with Crippen molar-refractivity contribution in [2.45, 2.75) is 59.3 Å². The smallest absolute Gasteiger partial charge is 0.233 e. The largest absolute Gasteiger partial charge is 0.409 e. The Morgan fingerprint density at radius 3 is 2.25 bits per heavy atom. The van der Waals surface area contributed by atoms with Crippen molar-refractivity contribution in [3.63, 3.8) is 0 Å². The van der Waals surface area contributed by atoms with Crippen LogP contribution in [0.3, 0.4) is 0 Å². The van der Waals surface area contributed by atoms with E-state index in [4.69, 9.17) is 10.9 Å². The van der Waals surface area contributed by atoms with Gasteiger partial charge in [-0.15, -0.1) is 0 Å². The zero-order chi connectivity index (χ0) is 15.2. The van der Waals surface area contributed by atoms with E-state index in [2.05, 4.69) is 19.0 Å². The van der Waals surface area contributed by atoms with E-state index in [1.807, 2.05) is 11.8 Å². The summed E-state index contributed by atoms with van der Waals surface area (Å²) in [6.07, 6.45) is 5.93. The van der Waals surface area contributed by atoms with Gasteiger partial charge >= 0.3 is 0 Å². The van der Waals surface area contributed by atoms with Crippen molar-refractivity contribution in [1.82, 2.24) is 4.90 Å². The summed E-state index contributed by atoms with van der Waals surface area (Å²) >= 11 is 0. The standard InChI is InChI=1S/C15H29N3O2/c1-4-7-12(13(16)17-20)14(19)18-10-8-15(5-2,6-3)9-11-18/h12,20H,4-11H2,1-3H3,(H2,16,17). The molecule has 1 amide bonds. The maximum absolute atomic E-state index is 12.5. The maximum atomic E-state index is 12.5. The highest BCUT2D eigenvalue weighted by molar-refractivity contribution is 6.02. The fraction of sp³-hybridized carbons (Fsp3) is 0.867. The Hall–Kier alpha value is -1.26. The highest BCUT2D eigenvalue weighted by Crippen LogP contribution is 2.38. The highest BCUT2D eigenvalue weighted by Gasteiger charge is 2.35. The van der Waals surface area contributed by atoms with Crippen LogP contribution in [0.1, 0.15) is 59.3 Å². The lowest BCUT2D eigenvalue weighted by Gasteiger charge is -2.41. The summed E-state index contributed by atoms with van der Waals surface area (Å²) < 4.78 is 0. The molecule has 0 aromatic carbocycles. The predicted molar refractivity (Wildman–Crippen MR) is 80.6 cm³/mol. The Morgan fingerprint density at radius 2 is 1.85 bits per heavy atom. The first-order valence-corrected chi connectivity index (χ1v) is 7.79. The molecule has 20 heavy (non-hydrogen) atoms. The SMILES string of the molecule is CCCC(C(=O)N1CCC(CC)(CC)CC1)C(N)=NO. The molecule has 0 bridgehead atoms. The Morgan fingerprint density at radius 1 is 1.30 bits per heavy atom. The molecule has 0 saturated carbocycles. The predicted octanol–water partition coefficient (Wildman–Crippen LogP) is 2.58. The van der Waals surface area contributed by atoms with Crippen molar-refractivity contribution < 1.29 is 10.0 Å². The van der Waals surface area contributed by atoms with Crippen molar-refractivity contribution in [2.24, 2.45) is 22.2 Å². The zero-order valence-corrected chi connectivity index (χ0v) is 13.1. The molecule has 1 atom stereocenters. The van der Waals surface area contributed by atoms with Gasteiger partial charge < -0.3 is 15.8 Å². The van der Waals surface area contributed by atoms with Crippen LogP contribution in [0.5, 0.6) is 0 Å². The van der Waals surface area contributed by atoms with Crippen LogP contribution in [0.15, 0.2) is 5.16 Å². The number of nitrogens with two attached hydrogens (primary N) is 1. The molecule has 0 aliphatic carbocycles. The lowest BCUT2D eigenvalue weighted by Crippen LogP contribution is -2.47. The molecule has 0 aromatic rings. The fourth-order valence-electron chi connectivity index (χ4n) is 3.14. The molecule has 1 aliphatic heterocycles. The minimum Gasteiger partial charge on any atom is -0.409 e. The molecule has 3 N–H and O–H groups in total. The molecule has 1 saturated heterocycles. The van der Waals surface area contributed by atoms with E-state index >= 15 is 0 Å². The monoisotopic (exact) mass is 283 g/mol. The van der Waals surface area contributed by atoms with E-state index in [0.29, 0.717) is 11.8 Å². The van der Waals surface area contributed by atoms with Gasteiger partial charge in [-0.05, 0) is 24.7 Å². The summed E-state index contributed by atoms with van der Waals surface area (Å²) in [7, 11) is 0. The second-order valence-electron chi connectivity index (χ2n) is 5.90. The van der Waals surface area contributed by atoms with Gasteiger partial charge in [0.05, 0.1) is 5.92 Å². The number of likely N-dealkylation sites (tertiary alicyclic amines) is 1. The van der Waals surface area contributed by atoms with Crippen LogP contribution in [0.25, 0.3) is 0 Å². The van der Waals surface area contributed by atoms with E-state index < -0.39 is 5.92 Å². The molecule has 0 spiro atoms. The molecule has 5 heteroatoms. The van der Waals surface area contributed by atoms with E-state index in [0.717, 1.165) is 32.4 Å². The van der Waals surface area contributed by atoms with Crippen LogP contribution >= 0.6 is 0 Å². The molecule has 1 fully saturated rings. The van der Waals surface area contributed by atoms with E-state index in [1.165, 1.54) is 12.8 Å². The summed E-state index contributed by atoms with van der Waals surface area (Å²) in [5.74, 6) is -0.414. The summed E-state index contributed by atoms with van der Waals surface area (Å²) in [6, 6.07) is 0. The number of amidine groups is 1. The Labute approximate surface area is 122 Å². The minimum atomic E-state index is -0.472. The summed E-state index contributed by atoms with van der Waals surface area (Å²) in [5, 5.41) is 11.9. The second-order valence-corrected chi connectivity index (χ2v) is 5.90. The quantitative estimate of drug-likeness (QED) is 0.340. The van der Waals surface area contributed by atoms with Gasteiger partial charge in [-0.1, -0.05) is 45.2 Å². The van der Waals surface area contributed by atoms with Crippen molar-refractivity contribution >= 4 is 11.7 Å². The van der Waals surface area contributed by atoms with Crippen molar-refractivity contribution in [1.29, 1.82) is 0 Å². The van der Waals surface area contributed by atoms with Gasteiger partial charge in [-0.25, -0.2) is 0 Å². The van der Waals surface area contributed by atoms with E-state index in [-0.39, 0.29) is 11.7 Å². The molecule has 116 valence electrons. The summed E-state index contributed by atoms with van der Waals surface area (Å²) in [6.45, 7) is 8.05. The van der Waals surface area contributed by atoms with Crippen molar-refractivity contribution in [3.05, 3.63) is 0 Å². The fourth-order valence-corrected chi connectivity index (χ4v) is 3.14. The van der Waals surface area contributed by atoms with Gasteiger partial charge in [-0.3, -0.25) is 4.79 Å². The van der Waals surface area contributed by atoms with Crippen molar-refractivity contribution in [3.8, 4) is 0 Å². The van der Waals surface area contributed by atoms with Gasteiger partial charge in [0.25, 0.3) is 0 Å². The Kier molecular flexibility index (Phi) is 6.30. The molecule has 1 heterocycles. The molecule has 1 unspecified atom stereocenters. The topological polar surface area (TPSA) is 78.9 Å². The average Bonchev–Trinajstić information content (AvgIpc) is 2.51. The Balaban J connectivity index is 2.69. The summed E-state index contributed by atoms with van der Waals surface area (Å²) in [5.41, 5.74) is 6.07. The van der Waals surface area contributed by atoms with Gasteiger partial charge in [-0.2, -0.15) is 0 Å². The first kappa shape index (κ1) is 16.8. The number of oxime groups is 1. The maximum Gasteiger partial charge on any atom is 0.233 e. The normalized spacial score (nSPS) is 20.8. The van der Waals surface area contributed by atoms with Crippen LogP contribution in [0.2, 0.25) is 0 Å². The van der Waals surface area contributed by atoms with Gasteiger partial charge in [0.1, 0.15) is 0 Å². The van der Waals surface area contributed by atoms with Crippen LogP contribution < -0.4 is 5.73 Å². The number of piperidine rings is 1. The highest BCUT2D eigenvalue weighted by atomic mass is 16.4. The number of rotatable bonds is 6. The van der Waals surface area contributed by atoms with Gasteiger partial charge in [0.15, 0.2) is 5.84 Å². The van der Waals surface area contributed by atoms with Crippen LogP contribution in [0.4, 0.5) is 0 Å². The molecular weight excluding hydrogens is 254 g/mol. The molecule has 1 aliphatic rings. The van der Waals surface area contributed by atoms with Crippen LogP contribution in [0, 0.1) is 11.3 Å². The third kappa shape index (κ3) is 3.64. The number of hydrogen-bond acceptors (Lipinski definition) is 3. The number of carbonyl (C=O) groups excluding carboxylic acids is 1. The minimum absolute atomic E-state index is 0.0166. The molecule has 1 rings (SSSR count). The van der Waals surface area contributed by atoms with Gasteiger partial charge in [0.2, 0.25) is 5.91 Å². The molecule has 5 nitrogen and oxygen atoms in total. The lowest BCUT2D eigenvalue weighted by atomic mass is 9.74. The average molecular weight is 283 g/mol.